The number of carbonyl (C=O) groups excluding carboxylic acids is 2. The molecule has 1 saturated heterocycles. The Morgan fingerprint density at radius 3 is 2.93 bits per heavy atom. The van der Waals surface area contributed by atoms with Crippen molar-refractivity contribution in [3.8, 4) is 11.3 Å². The predicted molar refractivity (Wildman–Crippen MR) is 105 cm³/mol. The van der Waals surface area contributed by atoms with Gasteiger partial charge in [0.15, 0.2) is 11.6 Å². The lowest BCUT2D eigenvalue weighted by Gasteiger charge is -2.31. The van der Waals surface area contributed by atoms with Crippen molar-refractivity contribution < 1.29 is 14.3 Å². The molecule has 1 aromatic carbocycles. The van der Waals surface area contributed by atoms with Crippen LogP contribution in [0.3, 0.4) is 0 Å². The molecular formula is C20H23N5O3. The average Bonchev–Trinajstić information content (AvgIpc) is 2.72. The van der Waals surface area contributed by atoms with Crippen LogP contribution in [0.1, 0.15) is 29.6 Å². The van der Waals surface area contributed by atoms with E-state index in [0.29, 0.717) is 28.8 Å². The molecule has 1 fully saturated rings. The Bertz CT molecular complexity index is 895. The highest BCUT2D eigenvalue weighted by Gasteiger charge is 2.26. The van der Waals surface area contributed by atoms with Gasteiger partial charge in [0.05, 0.1) is 18.4 Å². The molecule has 2 aliphatic heterocycles. The summed E-state index contributed by atoms with van der Waals surface area (Å²) in [5.74, 6) is 1.16. The van der Waals surface area contributed by atoms with Crippen molar-refractivity contribution in [2.24, 2.45) is 11.7 Å². The number of nitrogens with zero attached hydrogens (tertiary/aromatic N) is 3. The molecule has 28 heavy (non-hydrogen) atoms. The first-order valence-corrected chi connectivity index (χ1v) is 9.50. The number of amides is 2. The van der Waals surface area contributed by atoms with Crippen LogP contribution in [0.15, 0.2) is 30.5 Å². The molecule has 8 heteroatoms. The lowest BCUT2D eigenvalue weighted by molar-refractivity contribution is -0.115. The molecule has 0 saturated carbocycles. The first kappa shape index (κ1) is 18.4. The standard InChI is InChI=1S/C20H23N5O3/c21-18(27)15-3-1-2-14(10-15)16-11-22-19-20(23-16)25(12-17(26)24-19)7-4-13-5-8-28-9-6-13/h1-3,10-11,13H,4-9,12H2,(H2,21,27)(H,22,24,26). The fourth-order valence-corrected chi connectivity index (χ4v) is 3.64. The highest BCUT2D eigenvalue weighted by Crippen LogP contribution is 2.30. The lowest BCUT2D eigenvalue weighted by atomic mass is 9.96. The smallest absolute Gasteiger partial charge is 0.248 e. The average molecular weight is 381 g/mol. The first-order valence-electron chi connectivity index (χ1n) is 9.50. The maximum Gasteiger partial charge on any atom is 0.248 e. The third kappa shape index (κ3) is 3.96. The van der Waals surface area contributed by atoms with Gasteiger partial charge in [0, 0.05) is 30.9 Å². The third-order valence-corrected chi connectivity index (χ3v) is 5.24. The van der Waals surface area contributed by atoms with Gasteiger partial charge in [0.1, 0.15) is 0 Å². The Morgan fingerprint density at radius 2 is 2.14 bits per heavy atom. The van der Waals surface area contributed by atoms with Gasteiger partial charge in [-0.1, -0.05) is 12.1 Å². The van der Waals surface area contributed by atoms with Gasteiger partial charge >= 0.3 is 0 Å². The molecule has 0 atom stereocenters. The number of hydrogen-bond acceptors (Lipinski definition) is 6. The van der Waals surface area contributed by atoms with Crippen molar-refractivity contribution in [2.45, 2.75) is 19.3 Å². The van der Waals surface area contributed by atoms with Crippen LogP contribution in [0, 0.1) is 5.92 Å². The number of carbonyl (C=O) groups is 2. The summed E-state index contributed by atoms with van der Waals surface area (Å²) in [5.41, 5.74) is 7.19. The summed E-state index contributed by atoms with van der Waals surface area (Å²) in [6, 6.07) is 6.99. The Hall–Kier alpha value is -3.00. The van der Waals surface area contributed by atoms with E-state index < -0.39 is 5.91 Å². The molecule has 0 spiro atoms. The fourth-order valence-electron chi connectivity index (χ4n) is 3.64. The Kier molecular flexibility index (Phi) is 5.21. The molecule has 0 unspecified atom stereocenters. The monoisotopic (exact) mass is 381 g/mol. The summed E-state index contributed by atoms with van der Waals surface area (Å²) in [7, 11) is 0. The summed E-state index contributed by atoms with van der Waals surface area (Å²) in [4.78, 5) is 34.6. The predicted octanol–water partition coefficient (Wildman–Crippen LogP) is 1.82. The van der Waals surface area contributed by atoms with Crippen LogP contribution in [0.2, 0.25) is 0 Å². The van der Waals surface area contributed by atoms with Gasteiger partial charge in [-0.25, -0.2) is 9.97 Å². The normalized spacial score (nSPS) is 17.1. The number of ether oxygens (including phenoxy) is 1. The van der Waals surface area contributed by atoms with Crippen LogP contribution in [0.25, 0.3) is 11.3 Å². The number of aromatic nitrogens is 2. The van der Waals surface area contributed by atoms with Crippen molar-refractivity contribution in [3.05, 3.63) is 36.0 Å². The minimum Gasteiger partial charge on any atom is -0.381 e. The number of rotatable bonds is 5. The minimum absolute atomic E-state index is 0.0859. The van der Waals surface area contributed by atoms with Crippen LogP contribution in [-0.4, -0.2) is 48.1 Å². The zero-order chi connectivity index (χ0) is 19.5. The van der Waals surface area contributed by atoms with E-state index in [1.54, 1.807) is 24.4 Å². The van der Waals surface area contributed by atoms with Gasteiger partial charge in [-0.2, -0.15) is 0 Å². The number of hydrogen-bond donors (Lipinski definition) is 2. The van der Waals surface area contributed by atoms with Crippen molar-refractivity contribution in [1.82, 2.24) is 9.97 Å². The van der Waals surface area contributed by atoms with Crippen molar-refractivity contribution in [2.75, 3.05) is 36.5 Å². The molecule has 0 bridgehead atoms. The Morgan fingerprint density at radius 1 is 1.32 bits per heavy atom. The number of fused-ring (bicyclic) bond motifs is 1. The summed E-state index contributed by atoms with van der Waals surface area (Å²) >= 11 is 0. The topological polar surface area (TPSA) is 110 Å². The largest absolute Gasteiger partial charge is 0.381 e. The van der Waals surface area contributed by atoms with E-state index in [1.807, 2.05) is 11.0 Å². The van der Waals surface area contributed by atoms with E-state index in [1.165, 1.54) is 0 Å². The molecule has 0 aliphatic carbocycles. The summed E-state index contributed by atoms with van der Waals surface area (Å²) in [5, 5.41) is 2.79. The minimum atomic E-state index is -0.488. The van der Waals surface area contributed by atoms with Crippen LogP contribution < -0.4 is 16.0 Å². The Labute approximate surface area is 163 Å². The molecular weight excluding hydrogens is 358 g/mol. The molecule has 2 aliphatic rings. The zero-order valence-electron chi connectivity index (χ0n) is 15.6. The fraction of sp³-hybridized carbons (Fsp3) is 0.400. The SMILES string of the molecule is NC(=O)c1cccc(-c2cnc3c(n2)N(CCC2CCOCC2)CC(=O)N3)c1. The van der Waals surface area contributed by atoms with Crippen LogP contribution in [-0.2, 0) is 9.53 Å². The second-order valence-electron chi connectivity index (χ2n) is 7.19. The van der Waals surface area contributed by atoms with Crippen molar-refractivity contribution >= 4 is 23.5 Å². The number of primary amides is 1. The first-order chi connectivity index (χ1) is 13.6. The summed E-state index contributed by atoms with van der Waals surface area (Å²) in [6.45, 7) is 2.62. The summed E-state index contributed by atoms with van der Waals surface area (Å²) in [6.07, 6.45) is 4.69. The second-order valence-corrected chi connectivity index (χ2v) is 7.19. The molecule has 2 aromatic rings. The molecule has 3 N–H and O–H groups in total. The van der Waals surface area contributed by atoms with Gasteiger partial charge < -0.3 is 20.7 Å². The Balaban J connectivity index is 1.59. The van der Waals surface area contributed by atoms with Crippen LogP contribution in [0.4, 0.5) is 11.6 Å². The highest BCUT2D eigenvalue weighted by atomic mass is 16.5. The molecule has 146 valence electrons. The maximum atomic E-state index is 12.1. The number of nitrogens with one attached hydrogen (secondary N) is 1. The van der Waals surface area contributed by atoms with Crippen LogP contribution in [0.5, 0.6) is 0 Å². The van der Waals surface area contributed by atoms with E-state index in [-0.39, 0.29) is 12.5 Å². The van der Waals surface area contributed by atoms with E-state index in [2.05, 4.69) is 10.3 Å². The van der Waals surface area contributed by atoms with E-state index in [0.717, 1.165) is 44.6 Å². The highest BCUT2D eigenvalue weighted by molar-refractivity contribution is 5.99. The van der Waals surface area contributed by atoms with Gasteiger partial charge in [0.2, 0.25) is 11.8 Å². The van der Waals surface area contributed by atoms with E-state index in [9.17, 15) is 9.59 Å². The number of anilines is 2. The summed E-state index contributed by atoms with van der Waals surface area (Å²) < 4.78 is 5.42. The van der Waals surface area contributed by atoms with E-state index >= 15 is 0 Å². The molecule has 8 nitrogen and oxygen atoms in total. The van der Waals surface area contributed by atoms with E-state index in [4.69, 9.17) is 15.5 Å². The van der Waals surface area contributed by atoms with Gasteiger partial charge in [-0.05, 0) is 37.3 Å². The molecule has 3 heterocycles. The molecule has 0 radical (unpaired) electrons. The molecule has 4 rings (SSSR count). The van der Waals surface area contributed by atoms with Crippen molar-refractivity contribution in [1.29, 1.82) is 0 Å². The van der Waals surface area contributed by atoms with Crippen molar-refractivity contribution in [3.63, 3.8) is 0 Å². The molecule has 1 aromatic heterocycles. The van der Waals surface area contributed by atoms with Gasteiger partial charge in [-0.3, -0.25) is 9.59 Å². The quantitative estimate of drug-likeness (QED) is 0.817. The van der Waals surface area contributed by atoms with Gasteiger partial charge in [0.25, 0.3) is 0 Å². The maximum absolute atomic E-state index is 12.1. The second kappa shape index (κ2) is 7.93. The zero-order valence-corrected chi connectivity index (χ0v) is 15.6. The molecule has 2 amide bonds. The van der Waals surface area contributed by atoms with Gasteiger partial charge in [-0.15, -0.1) is 0 Å². The number of benzene rings is 1. The van der Waals surface area contributed by atoms with Crippen LogP contribution >= 0.6 is 0 Å². The number of nitrogens with two attached hydrogens (primary N) is 1. The third-order valence-electron chi connectivity index (χ3n) is 5.24. The lowest BCUT2D eigenvalue weighted by Crippen LogP contribution is -2.40.